The average Bonchev–Trinajstić information content (AvgIpc) is 2.70. The third-order valence-electron chi connectivity index (χ3n) is 3.63. The predicted molar refractivity (Wildman–Crippen MR) is 61.7 cm³/mol. The van der Waals surface area contributed by atoms with Crippen molar-refractivity contribution in [1.82, 2.24) is 0 Å². The Morgan fingerprint density at radius 1 is 1.14 bits per heavy atom. The van der Waals surface area contributed by atoms with Crippen LogP contribution in [0.1, 0.15) is 23.5 Å². The Labute approximate surface area is 117 Å². The van der Waals surface area contributed by atoms with E-state index >= 15 is 0 Å². The molecular weight excluding hydrogens is 319 g/mol. The molecule has 21 heavy (non-hydrogen) atoms. The fraction of sp³-hybridized carbons (Fsp3) is 0.500. The van der Waals surface area contributed by atoms with Gasteiger partial charge in [-0.25, -0.2) is 8.42 Å². The number of aryl methyl sites for hydroxylation is 1. The molecule has 1 aromatic rings. The molecule has 0 spiro atoms. The molecule has 0 aromatic heterocycles. The van der Waals surface area contributed by atoms with Gasteiger partial charge in [0.05, 0.1) is 0 Å². The second kappa shape index (κ2) is 4.91. The monoisotopic (exact) mass is 329 g/mol. The Morgan fingerprint density at radius 3 is 2.24 bits per heavy atom. The molecule has 2 unspecified atom stereocenters. The molecule has 0 saturated carbocycles. The van der Waals surface area contributed by atoms with Crippen LogP contribution in [0, 0.1) is 5.92 Å². The molecule has 0 bridgehead atoms. The van der Waals surface area contributed by atoms with Crippen molar-refractivity contribution in [2.24, 2.45) is 5.92 Å². The highest BCUT2D eigenvalue weighted by Crippen LogP contribution is 2.52. The van der Waals surface area contributed by atoms with Gasteiger partial charge in [-0.15, -0.1) is 0 Å². The van der Waals surface area contributed by atoms with E-state index in [-0.39, 0.29) is 18.4 Å². The second-order valence-corrected chi connectivity index (χ2v) is 6.33. The van der Waals surface area contributed by atoms with Crippen LogP contribution in [0.2, 0.25) is 0 Å². The second-order valence-electron chi connectivity index (χ2n) is 4.88. The highest BCUT2D eigenvalue weighted by Gasteiger charge is 2.63. The standard InChI is InChI=1S/C12H11F5O3S/c13-11(14,15)10(12(16,17)21(18,19)20)9-6-5-7-3-1-2-4-8(7)9/h1-4,9-10H,5-6H2,(H,18,19,20)/p-1. The van der Waals surface area contributed by atoms with Crippen LogP contribution in [0.15, 0.2) is 24.3 Å². The SMILES string of the molecule is O=S(=O)([O-])C(F)(F)C(C1CCc2ccccc21)C(F)(F)F. The molecule has 9 heteroatoms. The van der Waals surface area contributed by atoms with Gasteiger partial charge in [0, 0.05) is 5.92 Å². The van der Waals surface area contributed by atoms with E-state index in [2.05, 4.69) is 0 Å². The summed E-state index contributed by atoms with van der Waals surface area (Å²) in [4.78, 5) is 0. The van der Waals surface area contributed by atoms with Crippen LogP contribution in [-0.2, 0) is 16.5 Å². The lowest BCUT2D eigenvalue weighted by Gasteiger charge is -2.34. The molecule has 2 atom stereocenters. The Bertz CT molecular complexity index is 639. The lowest BCUT2D eigenvalue weighted by Crippen LogP contribution is -2.47. The largest absolute Gasteiger partial charge is 0.743 e. The molecule has 1 aliphatic rings. The number of benzene rings is 1. The van der Waals surface area contributed by atoms with Gasteiger partial charge in [0.25, 0.3) is 0 Å². The smallest absolute Gasteiger partial charge is 0.399 e. The van der Waals surface area contributed by atoms with Gasteiger partial charge in [0.1, 0.15) is 5.92 Å². The summed E-state index contributed by atoms with van der Waals surface area (Å²) in [5.41, 5.74) is 0.471. The van der Waals surface area contributed by atoms with Crippen LogP contribution >= 0.6 is 0 Å². The molecule has 0 heterocycles. The quantitative estimate of drug-likeness (QED) is 0.633. The number of fused-ring (bicyclic) bond motifs is 1. The Balaban J connectivity index is 2.55. The van der Waals surface area contributed by atoms with Crippen molar-refractivity contribution in [3.63, 3.8) is 0 Å². The maximum atomic E-state index is 13.6. The van der Waals surface area contributed by atoms with Gasteiger partial charge >= 0.3 is 11.4 Å². The number of halogens is 5. The van der Waals surface area contributed by atoms with E-state index in [1.54, 1.807) is 6.07 Å². The van der Waals surface area contributed by atoms with Crippen LogP contribution in [0.5, 0.6) is 0 Å². The van der Waals surface area contributed by atoms with Gasteiger partial charge in [-0.3, -0.25) is 0 Å². The van der Waals surface area contributed by atoms with E-state index in [0.29, 0.717) is 5.56 Å². The molecule has 3 nitrogen and oxygen atoms in total. The first-order chi connectivity index (χ1) is 9.46. The zero-order valence-corrected chi connectivity index (χ0v) is 11.2. The van der Waals surface area contributed by atoms with Gasteiger partial charge in [-0.2, -0.15) is 22.0 Å². The van der Waals surface area contributed by atoms with Gasteiger partial charge in [0.15, 0.2) is 10.1 Å². The molecule has 0 aliphatic heterocycles. The van der Waals surface area contributed by atoms with Crippen molar-refractivity contribution < 1.29 is 34.9 Å². The summed E-state index contributed by atoms with van der Waals surface area (Å²) in [5, 5.41) is -5.41. The van der Waals surface area contributed by atoms with Crippen LogP contribution in [0.4, 0.5) is 22.0 Å². The number of rotatable bonds is 3. The lowest BCUT2D eigenvalue weighted by molar-refractivity contribution is -0.225. The van der Waals surface area contributed by atoms with Crippen molar-refractivity contribution in [1.29, 1.82) is 0 Å². The van der Waals surface area contributed by atoms with Crippen molar-refractivity contribution >= 4 is 10.1 Å². The van der Waals surface area contributed by atoms with E-state index in [1.165, 1.54) is 18.2 Å². The third kappa shape index (κ3) is 2.76. The minimum Gasteiger partial charge on any atom is -0.743 e. The highest BCUT2D eigenvalue weighted by atomic mass is 32.2. The zero-order chi connectivity index (χ0) is 16.1. The Kier molecular flexibility index (Phi) is 3.78. The van der Waals surface area contributed by atoms with Crippen molar-refractivity contribution in [2.75, 3.05) is 0 Å². The van der Waals surface area contributed by atoms with E-state index in [9.17, 15) is 34.9 Å². The first-order valence-electron chi connectivity index (χ1n) is 5.94. The summed E-state index contributed by atoms with van der Waals surface area (Å²) in [6, 6.07) is 5.67. The summed E-state index contributed by atoms with van der Waals surface area (Å²) in [6.45, 7) is 0. The fourth-order valence-electron chi connectivity index (χ4n) is 2.74. The molecule has 2 rings (SSSR count). The summed E-state index contributed by atoms with van der Waals surface area (Å²) < 4.78 is 98.1. The molecular formula is C12H10F5O3S-. The molecule has 0 N–H and O–H groups in total. The summed E-state index contributed by atoms with van der Waals surface area (Å²) in [5.74, 6) is -5.30. The minimum absolute atomic E-state index is 0.0168. The van der Waals surface area contributed by atoms with Gasteiger partial charge < -0.3 is 4.55 Å². The first-order valence-corrected chi connectivity index (χ1v) is 7.35. The normalized spacial score (nSPS) is 21.1. The number of alkyl halides is 5. The summed E-state index contributed by atoms with van der Waals surface area (Å²) in [7, 11) is -6.43. The molecule has 1 aromatic carbocycles. The average molecular weight is 329 g/mol. The van der Waals surface area contributed by atoms with E-state index in [1.807, 2.05) is 0 Å². The van der Waals surface area contributed by atoms with Gasteiger partial charge in [-0.1, -0.05) is 24.3 Å². The third-order valence-corrected chi connectivity index (χ3v) is 4.55. The predicted octanol–water partition coefficient (Wildman–Crippen LogP) is 3.03. The van der Waals surface area contributed by atoms with E-state index in [4.69, 9.17) is 0 Å². The van der Waals surface area contributed by atoms with E-state index in [0.717, 1.165) is 0 Å². The summed E-state index contributed by atoms with van der Waals surface area (Å²) >= 11 is 0. The highest BCUT2D eigenvalue weighted by molar-refractivity contribution is 7.86. The molecule has 118 valence electrons. The lowest BCUT2D eigenvalue weighted by atomic mass is 9.86. The van der Waals surface area contributed by atoms with Crippen LogP contribution in [0.25, 0.3) is 0 Å². The Hall–Kier alpha value is -1.22. The van der Waals surface area contributed by atoms with Crippen LogP contribution < -0.4 is 0 Å². The first kappa shape index (κ1) is 16.2. The number of hydrogen-bond acceptors (Lipinski definition) is 3. The molecule has 0 saturated heterocycles. The molecule has 0 radical (unpaired) electrons. The maximum Gasteiger partial charge on any atom is 0.399 e. The summed E-state index contributed by atoms with van der Waals surface area (Å²) in [6.07, 6.45) is -5.67. The van der Waals surface area contributed by atoms with Crippen molar-refractivity contribution in [3.05, 3.63) is 35.4 Å². The van der Waals surface area contributed by atoms with E-state index < -0.39 is 33.4 Å². The fourth-order valence-corrected chi connectivity index (χ4v) is 3.35. The van der Waals surface area contributed by atoms with Gasteiger partial charge in [0.2, 0.25) is 0 Å². The maximum absolute atomic E-state index is 13.6. The molecule has 0 fully saturated rings. The molecule has 1 aliphatic carbocycles. The Morgan fingerprint density at radius 2 is 1.71 bits per heavy atom. The van der Waals surface area contributed by atoms with Crippen molar-refractivity contribution in [2.45, 2.75) is 30.2 Å². The van der Waals surface area contributed by atoms with Crippen molar-refractivity contribution in [3.8, 4) is 0 Å². The van der Waals surface area contributed by atoms with Crippen LogP contribution in [-0.4, -0.2) is 24.4 Å². The van der Waals surface area contributed by atoms with Gasteiger partial charge in [-0.05, 0) is 24.0 Å². The molecule has 0 amide bonds. The van der Waals surface area contributed by atoms with Crippen LogP contribution in [0.3, 0.4) is 0 Å². The minimum atomic E-state index is -6.43. The zero-order valence-electron chi connectivity index (χ0n) is 10.4. The topological polar surface area (TPSA) is 57.2 Å². The number of hydrogen-bond donors (Lipinski definition) is 0.